The summed E-state index contributed by atoms with van der Waals surface area (Å²) in [7, 11) is 0. The predicted octanol–water partition coefficient (Wildman–Crippen LogP) is 6.36. The van der Waals surface area contributed by atoms with Gasteiger partial charge in [-0.2, -0.15) is 13.2 Å². The summed E-state index contributed by atoms with van der Waals surface area (Å²) in [5.74, 6) is -1.46. The topological polar surface area (TPSA) is 101 Å². The first-order valence-electron chi connectivity index (χ1n) is 12.6. The molecule has 0 unspecified atom stereocenters. The number of nitrogens with one attached hydrogen (secondary N) is 3. The second-order valence-electron chi connectivity index (χ2n) is 9.45. The van der Waals surface area contributed by atoms with Crippen LogP contribution in [0.1, 0.15) is 29.8 Å². The van der Waals surface area contributed by atoms with Crippen LogP contribution in [0.5, 0.6) is 11.6 Å². The molecule has 40 heavy (non-hydrogen) atoms. The first-order valence-corrected chi connectivity index (χ1v) is 13.4. The van der Waals surface area contributed by atoms with E-state index in [0.717, 1.165) is 25.9 Å². The third kappa shape index (κ3) is 6.15. The molecule has 3 heterocycles. The van der Waals surface area contributed by atoms with Crippen molar-refractivity contribution in [1.82, 2.24) is 20.3 Å². The van der Waals surface area contributed by atoms with Gasteiger partial charge < -0.3 is 20.7 Å². The van der Waals surface area contributed by atoms with E-state index in [-0.39, 0.29) is 34.3 Å². The number of aryl methyl sites for hydroxylation is 1. The third-order valence-electron chi connectivity index (χ3n) is 6.38. The maximum absolute atomic E-state index is 15.6. The highest BCUT2D eigenvalue weighted by molar-refractivity contribution is 7.15. The number of hydrogen-bond acceptors (Lipinski definition) is 8. The van der Waals surface area contributed by atoms with E-state index in [9.17, 15) is 18.0 Å². The highest BCUT2D eigenvalue weighted by atomic mass is 32.1. The number of benzene rings is 2. The number of nitrogens with zero attached hydrogens (tertiary/aromatic N) is 3. The van der Waals surface area contributed by atoms with E-state index in [2.05, 4.69) is 30.9 Å². The van der Waals surface area contributed by atoms with Gasteiger partial charge in [-0.25, -0.2) is 19.3 Å². The lowest BCUT2D eigenvalue weighted by Gasteiger charge is -2.23. The van der Waals surface area contributed by atoms with Gasteiger partial charge in [0.2, 0.25) is 17.7 Å². The van der Waals surface area contributed by atoms with E-state index < -0.39 is 24.3 Å². The lowest BCUT2D eigenvalue weighted by atomic mass is 10.0. The standard InChI is InChI=1S/C27H26F4N6O2S/c1-14-21(28)22(37-20(38)12-27(29,30)31)17-7-3-4-8-18(17)23(14)39-25-24(40-15(2)34-25)19-9-11-33-26(36-19)35-16-6-5-10-32-13-16/h3-4,7-9,11,16,32H,5-6,10,12-13H2,1-2H3,(H,37,38)(H,33,35,36)/t16-/m0/s1. The number of ether oxygens (including phenoxy) is 1. The Balaban J connectivity index is 1.49. The van der Waals surface area contributed by atoms with Crippen molar-refractivity contribution >= 4 is 39.7 Å². The SMILES string of the molecule is Cc1nc(Oc2c(C)c(F)c(NC(=O)CC(F)(F)F)c3ccccc23)c(-c2ccnc(N[C@H]3CCCNC3)n2)s1. The molecule has 1 aliphatic rings. The summed E-state index contributed by atoms with van der Waals surface area (Å²) in [5.41, 5.74) is 0.237. The number of hydrogen-bond donors (Lipinski definition) is 3. The third-order valence-corrected chi connectivity index (χ3v) is 7.35. The minimum atomic E-state index is -4.73. The first-order chi connectivity index (χ1) is 19.1. The van der Waals surface area contributed by atoms with Crippen LogP contribution in [-0.2, 0) is 4.79 Å². The number of piperidine rings is 1. The molecule has 0 radical (unpaired) electrons. The highest BCUT2D eigenvalue weighted by Crippen LogP contribution is 2.43. The first kappa shape index (κ1) is 27.7. The zero-order valence-electron chi connectivity index (χ0n) is 21.7. The number of anilines is 2. The average Bonchev–Trinajstić information content (AvgIpc) is 3.29. The fourth-order valence-corrected chi connectivity index (χ4v) is 5.39. The van der Waals surface area contributed by atoms with Crippen LogP contribution in [0.2, 0.25) is 0 Å². The number of halogens is 4. The number of thiazole rings is 1. The Morgan fingerprint density at radius 1 is 1.18 bits per heavy atom. The fourth-order valence-electron chi connectivity index (χ4n) is 4.57. The van der Waals surface area contributed by atoms with Gasteiger partial charge in [0.1, 0.15) is 17.0 Å². The zero-order valence-corrected chi connectivity index (χ0v) is 22.5. The zero-order chi connectivity index (χ0) is 28.4. The Kier molecular flexibility index (Phi) is 7.86. The van der Waals surface area contributed by atoms with Crippen molar-refractivity contribution in [2.24, 2.45) is 0 Å². The Morgan fingerprint density at radius 3 is 2.67 bits per heavy atom. The molecule has 1 fully saturated rings. The quantitative estimate of drug-likeness (QED) is 0.221. The smallest absolute Gasteiger partial charge is 0.397 e. The lowest BCUT2D eigenvalue weighted by molar-refractivity contribution is -0.150. The van der Waals surface area contributed by atoms with Crippen molar-refractivity contribution in [3.63, 3.8) is 0 Å². The van der Waals surface area contributed by atoms with Crippen LogP contribution in [0.3, 0.4) is 0 Å². The van der Waals surface area contributed by atoms with Crippen molar-refractivity contribution in [2.75, 3.05) is 23.7 Å². The molecule has 1 amide bonds. The molecule has 4 aromatic rings. The molecular weight excluding hydrogens is 548 g/mol. The van der Waals surface area contributed by atoms with Crippen molar-refractivity contribution in [1.29, 1.82) is 0 Å². The van der Waals surface area contributed by atoms with Crippen LogP contribution >= 0.6 is 11.3 Å². The molecule has 1 saturated heterocycles. The molecule has 13 heteroatoms. The minimum Gasteiger partial charge on any atom is -0.436 e. The van der Waals surface area contributed by atoms with Crippen LogP contribution in [0.4, 0.5) is 29.2 Å². The van der Waals surface area contributed by atoms with Crippen LogP contribution < -0.4 is 20.7 Å². The highest BCUT2D eigenvalue weighted by Gasteiger charge is 2.32. The molecule has 1 aliphatic heterocycles. The Labute approximate surface area is 231 Å². The Hall–Kier alpha value is -3.84. The van der Waals surface area contributed by atoms with Crippen LogP contribution in [-0.4, -0.2) is 46.2 Å². The molecule has 1 atom stereocenters. The van der Waals surface area contributed by atoms with Gasteiger partial charge in [-0.05, 0) is 39.3 Å². The number of rotatable bonds is 7. The number of amides is 1. The van der Waals surface area contributed by atoms with Crippen LogP contribution in [0, 0.1) is 19.7 Å². The maximum atomic E-state index is 15.6. The molecule has 0 bridgehead atoms. The molecule has 3 N–H and O–H groups in total. The van der Waals surface area contributed by atoms with Gasteiger partial charge in [0.15, 0.2) is 5.82 Å². The van der Waals surface area contributed by atoms with E-state index in [0.29, 0.717) is 26.9 Å². The number of alkyl halides is 3. The summed E-state index contributed by atoms with van der Waals surface area (Å²) in [6.07, 6.45) is -2.76. The van der Waals surface area contributed by atoms with E-state index in [4.69, 9.17) is 4.74 Å². The molecule has 5 rings (SSSR count). The Bertz CT molecular complexity index is 1550. The van der Waals surface area contributed by atoms with E-state index in [1.54, 1.807) is 37.4 Å². The normalized spacial score (nSPS) is 15.7. The van der Waals surface area contributed by atoms with Gasteiger partial charge in [0, 0.05) is 35.1 Å². The van der Waals surface area contributed by atoms with Gasteiger partial charge in [0.25, 0.3) is 0 Å². The lowest BCUT2D eigenvalue weighted by Crippen LogP contribution is -2.38. The number of aromatic nitrogens is 3. The van der Waals surface area contributed by atoms with Gasteiger partial charge in [0.05, 0.1) is 16.4 Å². The summed E-state index contributed by atoms with van der Waals surface area (Å²) in [4.78, 5) is 26.1. The van der Waals surface area contributed by atoms with E-state index in [1.165, 1.54) is 24.3 Å². The van der Waals surface area contributed by atoms with Crippen molar-refractivity contribution < 1.29 is 27.1 Å². The molecule has 0 spiro atoms. The van der Waals surface area contributed by atoms with Crippen LogP contribution in [0.15, 0.2) is 36.5 Å². The number of carbonyl (C=O) groups excluding carboxylic acids is 1. The molecule has 2 aromatic carbocycles. The molecule has 0 saturated carbocycles. The molecule has 210 valence electrons. The van der Waals surface area contributed by atoms with Gasteiger partial charge >= 0.3 is 6.18 Å². The summed E-state index contributed by atoms with van der Waals surface area (Å²) >= 11 is 1.35. The summed E-state index contributed by atoms with van der Waals surface area (Å²) in [5, 5.41) is 10.1. The van der Waals surface area contributed by atoms with E-state index in [1.807, 2.05) is 0 Å². The summed E-state index contributed by atoms with van der Waals surface area (Å²) < 4.78 is 60.0. The monoisotopic (exact) mass is 574 g/mol. The largest absolute Gasteiger partial charge is 0.436 e. The average molecular weight is 575 g/mol. The molecule has 8 nitrogen and oxygen atoms in total. The fraction of sp³-hybridized carbons (Fsp3) is 0.333. The molecule has 0 aliphatic carbocycles. The van der Waals surface area contributed by atoms with Crippen LogP contribution in [0.25, 0.3) is 21.3 Å². The predicted molar refractivity (Wildman–Crippen MR) is 145 cm³/mol. The molecular formula is C27H26F4N6O2S. The van der Waals surface area contributed by atoms with E-state index >= 15 is 4.39 Å². The second-order valence-corrected chi connectivity index (χ2v) is 10.7. The summed E-state index contributed by atoms with van der Waals surface area (Å²) in [6, 6.07) is 8.35. The second kappa shape index (κ2) is 11.3. The maximum Gasteiger partial charge on any atom is 0.397 e. The minimum absolute atomic E-state index is 0.00690. The van der Waals surface area contributed by atoms with Crippen molar-refractivity contribution in [2.45, 2.75) is 45.3 Å². The van der Waals surface area contributed by atoms with Crippen molar-refractivity contribution in [3.8, 4) is 22.2 Å². The number of carbonyl (C=O) groups is 1. The molecule has 2 aromatic heterocycles. The number of fused-ring (bicyclic) bond motifs is 1. The Morgan fingerprint density at radius 2 is 1.95 bits per heavy atom. The van der Waals surface area contributed by atoms with Gasteiger partial charge in [-0.3, -0.25) is 4.79 Å². The van der Waals surface area contributed by atoms with Gasteiger partial charge in [-0.15, -0.1) is 11.3 Å². The van der Waals surface area contributed by atoms with Crippen molar-refractivity contribution in [3.05, 3.63) is 52.9 Å². The summed E-state index contributed by atoms with van der Waals surface area (Å²) in [6.45, 7) is 5.03. The van der Waals surface area contributed by atoms with Gasteiger partial charge in [-0.1, -0.05) is 24.3 Å².